The normalized spacial score (nSPS) is 10.9. The van der Waals surface area contributed by atoms with E-state index in [9.17, 15) is 15.0 Å². The molecule has 0 bridgehead atoms. The van der Waals surface area contributed by atoms with Crippen molar-refractivity contribution in [2.24, 2.45) is 0 Å². The fraction of sp³-hybridized carbons (Fsp3) is 0.246. The van der Waals surface area contributed by atoms with Crippen molar-refractivity contribution in [3.8, 4) is 85.6 Å². The third kappa shape index (κ3) is 12.4. The van der Waals surface area contributed by atoms with Crippen LogP contribution in [0.3, 0.4) is 0 Å². The second kappa shape index (κ2) is 22.5. The molecule has 13 nitrogen and oxygen atoms in total. The summed E-state index contributed by atoms with van der Waals surface area (Å²) in [5, 5.41) is 32.8. The fourth-order valence-corrected chi connectivity index (χ4v) is 7.98. The van der Waals surface area contributed by atoms with Crippen LogP contribution in [0.15, 0.2) is 109 Å². The number of amides is 1. The summed E-state index contributed by atoms with van der Waals surface area (Å²) in [5.74, 6) is 3.10. The first-order chi connectivity index (χ1) is 33.6. The molecule has 0 radical (unpaired) electrons. The highest BCUT2D eigenvalue weighted by Gasteiger charge is 2.19. The Labute approximate surface area is 409 Å². The molecular weight excluding hydrogens is 879 g/mol. The summed E-state index contributed by atoms with van der Waals surface area (Å²) in [6, 6.07) is 34.9. The van der Waals surface area contributed by atoms with Crippen molar-refractivity contribution in [1.82, 2.24) is 35.2 Å². The molecule has 0 unspecified atom stereocenters. The number of ether oxygens (including phenoxy) is 2. The van der Waals surface area contributed by atoms with Crippen LogP contribution in [0, 0.1) is 62.3 Å². The molecule has 0 aliphatic rings. The Morgan fingerprint density at radius 3 is 1.11 bits per heavy atom. The van der Waals surface area contributed by atoms with Crippen LogP contribution in [0.5, 0.6) is 17.2 Å². The molecule has 0 atom stereocenters. The number of benzene rings is 6. The number of phenolic OH excluding ortho intramolecular Hbond substituents is 2. The van der Waals surface area contributed by atoms with E-state index in [4.69, 9.17) is 44.5 Å². The van der Waals surface area contributed by atoms with Gasteiger partial charge in [-0.3, -0.25) is 4.79 Å². The maximum Gasteiger partial charge on any atom is 0.258 e. The Kier molecular flexibility index (Phi) is 16.1. The number of aliphatic hydroxyl groups is 1. The number of aryl methyl sites for hydroxylation is 9. The molecule has 0 aliphatic carbocycles. The summed E-state index contributed by atoms with van der Waals surface area (Å²) in [5.41, 5.74) is 14.6. The summed E-state index contributed by atoms with van der Waals surface area (Å²) >= 11 is 0. The number of nitrogens with zero attached hydrogens (tertiary/aromatic N) is 6. The molecular formula is C57H59N7O6. The van der Waals surface area contributed by atoms with Crippen LogP contribution in [0.25, 0.3) is 68.3 Å². The summed E-state index contributed by atoms with van der Waals surface area (Å²) in [6.45, 7) is 18.8. The summed E-state index contributed by atoms with van der Waals surface area (Å²) in [4.78, 5) is 40.7. The average molecular weight is 938 g/mol. The lowest BCUT2D eigenvalue weighted by molar-refractivity contribution is -0.123. The average Bonchev–Trinajstić information content (AvgIpc) is 3.31. The molecule has 0 spiro atoms. The first kappa shape index (κ1) is 50.0. The Morgan fingerprint density at radius 1 is 0.443 bits per heavy atom. The van der Waals surface area contributed by atoms with Gasteiger partial charge in [0.2, 0.25) is 0 Å². The molecule has 6 aromatic carbocycles. The Balaban J connectivity index is 0.000000215. The highest BCUT2D eigenvalue weighted by atomic mass is 16.5. The molecule has 0 saturated carbocycles. The van der Waals surface area contributed by atoms with Gasteiger partial charge in [-0.2, -0.15) is 0 Å². The first-order valence-corrected chi connectivity index (χ1v) is 23.1. The van der Waals surface area contributed by atoms with Gasteiger partial charge in [-0.1, -0.05) is 101 Å². The fourth-order valence-electron chi connectivity index (χ4n) is 7.98. The van der Waals surface area contributed by atoms with E-state index in [1.165, 1.54) is 17.2 Å². The third-order valence-electron chi connectivity index (χ3n) is 11.5. The van der Waals surface area contributed by atoms with E-state index in [0.29, 0.717) is 65.0 Å². The zero-order valence-corrected chi connectivity index (χ0v) is 41.2. The van der Waals surface area contributed by atoms with E-state index in [2.05, 4.69) is 69.4 Å². The molecule has 8 aromatic rings. The Morgan fingerprint density at radius 2 is 0.771 bits per heavy atom. The van der Waals surface area contributed by atoms with Crippen LogP contribution in [0.2, 0.25) is 0 Å². The van der Waals surface area contributed by atoms with E-state index in [1.807, 2.05) is 83.1 Å². The molecule has 2 heterocycles. The molecule has 4 N–H and O–H groups in total. The highest BCUT2D eigenvalue weighted by Crippen LogP contribution is 2.35. The minimum Gasteiger partial charge on any atom is -0.507 e. The van der Waals surface area contributed by atoms with Crippen LogP contribution in [-0.4, -0.2) is 84.1 Å². The number of aliphatic hydroxyl groups excluding tert-OH is 1. The summed E-state index contributed by atoms with van der Waals surface area (Å²) in [7, 11) is 0. The van der Waals surface area contributed by atoms with Crippen molar-refractivity contribution in [3.63, 3.8) is 0 Å². The van der Waals surface area contributed by atoms with Gasteiger partial charge in [0, 0.05) is 34.9 Å². The van der Waals surface area contributed by atoms with Gasteiger partial charge in [0.1, 0.15) is 17.2 Å². The van der Waals surface area contributed by atoms with Crippen molar-refractivity contribution >= 4 is 5.91 Å². The monoisotopic (exact) mass is 937 g/mol. The molecule has 358 valence electrons. The van der Waals surface area contributed by atoms with Gasteiger partial charge < -0.3 is 30.1 Å². The zero-order valence-electron chi connectivity index (χ0n) is 41.2. The molecule has 70 heavy (non-hydrogen) atoms. The summed E-state index contributed by atoms with van der Waals surface area (Å²) in [6.07, 6.45) is 0. The second-order valence-electron chi connectivity index (χ2n) is 17.6. The van der Waals surface area contributed by atoms with Crippen LogP contribution in [0.4, 0.5) is 0 Å². The zero-order chi connectivity index (χ0) is 50.1. The van der Waals surface area contributed by atoms with Crippen LogP contribution >= 0.6 is 0 Å². The van der Waals surface area contributed by atoms with Gasteiger partial charge in [-0.05, 0) is 114 Å². The van der Waals surface area contributed by atoms with Crippen molar-refractivity contribution in [1.29, 1.82) is 0 Å². The number of carbonyl (C=O) groups is 1. The number of hydrogen-bond donors (Lipinski definition) is 4. The lowest BCUT2D eigenvalue weighted by atomic mass is 10.0. The predicted octanol–water partition coefficient (Wildman–Crippen LogP) is 10.4. The minimum absolute atomic E-state index is 0.0686. The molecule has 8 rings (SSSR count). The first-order valence-electron chi connectivity index (χ1n) is 23.1. The standard InChI is InChI=1S/C31H34N4O5.C26H25N3O/c1-19-5-8-24(21(3)15-19)29-33-30(25-9-6-20(2)16-22(25)4)35-31(34-29)26-10-7-23(17-27(26)37)40-18-28(38)32-11-13-39-14-12-36;1-15-6-9-20(18(4)12-15)24-27-25(21-10-7-16(2)13-19(21)5)29-26(28-24)22-11-8-17(3)14-23(22)30/h5-10,15-17,36-37H,11-14,18H2,1-4H3,(H,32,38);6-14,30H,1-5H3. The number of carbonyl (C=O) groups excluding carboxylic acids is 1. The third-order valence-corrected chi connectivity index (χ3v) is 11.5. The molecule has 0 fully saturated rings. The SMILES string of the molecule is Cc1ccc(-c2nc(-c3ccc(C)cc3C)nc(-c3ccc(C)cc3O)n2)c(C)c1.Cc1ccc(-c2nc(-c3ccc(C)cc3C)nc(-c3ccc(OCC(=O)NCCOCCO)cc3O)n2)c(C)c1. The molecule has 2 aromatic heterocycles. The maximum atomic E-state index is 12.0. The van der Waals surface area contributed by atoms with Gasteiger partial charge in [0.05, 0.1) is 30.9 Å². The van der Waals surface area contributed by atoms with Crippen molar-refractivity contribution < 1.29 is 29.6 Å². The largest absolute Gasteiger partial charge is 0.507 e. The van der Waals surface area contributed by atoms with Gasteiger partial charge in [0.25, 0.3) is 5.91 Å². The lowest BCUT2D eigenvalue weighted by Gasteiger charge is -2.13. The Hall–Kier alpha value is -7.87. The van der Waals surface area contributed by atoms with Gasteiger partial charge >= 0.3 is 0 Å². The highest BCUT2D eigenvalue weighted by molar-refractivity contribution is 5.78. The number of phenols is 2. The topological polar surface area (TPSA) is 186 Å². The van der Waals surface area contributed by atoms with Crippen LogP contribution in [-0.2, 0) is 9.53 Å². The van der Waals surface area contributed by atoms with E-state index < -0.39 is 0 Å². The second-order valence-corrected chi connectivity index (χ2v) is 17.6. The van der Waals surface area contributed by atoms with E-state index in [-0.39, 0.29) is 37.2 Å². The van der Waals surface area contributed by atoms with Crippen LogP contribution in [0.1, 0.15) is 50.1 Å². The smallest absolute Gasteiger partial charge is 0.258 e. The van der Waals surface area contributed by atoms with E-state index in [1.54, 1.807) is 18.2 Å². The van der Waals surface area contributed by atoms with E-state index >= 15 is 0 Å². The molecule has 13 heteroatoms. The van der Waals surface area contributed by atoms with Gasteiger partial charge in [0.15, 0.2) is 41.6 Å². The number of aromatic hydroxyl groups is 2. The number of aromatic nitrogens is 6. The quantitative estimate of drug-likeness (QED) is 0.0758. The predicted molar refractivity (Wildman–Crippen MR) is 275 cm³/mol. The van der Waals surface area contributed by atoms with Crippen LogP contribution < -0.4 is 10.1 Å². The van der Waals surface area contributed by atoms with Crippen molar-refractivity contribution in [2.75, 3.05) is 33.0 Å². The van der Waals surface area contributed by atoms with Crippen molar-refractivity contribution in [3.05, 3.63) is 159 Å². The minimum atomic E-state index is -0.329. The lowest BCUT2D eigenvalue weighted by Crippen LogP contribution is -2.31. The van der Waals surface area contributed by atoms with Gasteiger partial charge in [-0.25, -0.2) is 29.9 Å². The Bertz CT molecular complexity index is 2950. The summed E-state index contributed by atoms with van der Waals surface area (Å²) < 4.78 is 10.7. The molecule has 1 amide bonds. The van der Waals surface area contributed by atoms with Gasteiger partial charge in [-0.15, -0.1) is 0 Å². The number of hydrogen-bond acceptors (Lipinski definition) is 12. The number of rotatable bonds is 14. The van der Waals surface area contributed by atoms with Crippen molar-refractivity contribution in [2.45, 2.75) is 62.3 Å². The maximum absolute atomic E-state index is 12.0. The molecule has 0 saturated heterocycles. The number of nitrogens with one attached hydrogen (secondary N) is 1. The molecule has 0 aliphatic heterocycles. The van der Waals surface area contributed by atoms with E-state index in [0.717, 1.165) is 61.2 Å².